The van der Waals surface area contributed by atoms with Gasteiger partial charge in [-0.3, -0.25) is 0 Å². The zero-order valence-corrected chi connectivity index (χ0v) is 10.6. The zero-order chi connectivity index (χ0) is 13.2. The summed E-state index contributed by atoms with van der Waals surface area (Å²) in [4.78, 5) is 11.1. The van der Waals surface area contributed by atoms with Gasteiger partial charge in [0.15, 0.2) is 6.10 Å². The monoisotopic (exact) mass is 256 g/mol. The van der Waals surface area contributed by atoms with Gasteiger partial charge in [0.25, 0.3) is 0 Å². The molecule has 1 saturated heterocycles. The lowest BCUT2D eigenvalue weighted by Crippen LogP contribution is -2.29. The Morgan fingerprint density at radius 1 is 1.11 bits per heavy atom. The average molecular weight is 256 g/mol. The Kier molecular flexibility index (Phi) is 3.22. The van der Waals surface area contributed by atoms with Crippen molar-refractivity contribution in [2.75, 3.05) is 0 Å². The Bertz CT molecular complexity index is 600. The number of rotatable bonds is 2. The molecule has 2 aromatic rings. The lowest BCUT2D eigenvalue weighted by atomic mass is 9.94. The van der Waals surface area contributed by atoms with Gasteiger partial charge in [-0.15, -0.1) is 0 Å². The molecule has 1 aliphatic rings. The summed E-state index contributed by atoms with van der Waals surface area (Å²) >= 11 is 0. The maximum atomic E-state index is 11.1. The molecule has 2 unspecified atom stereocenters. The standard InChI is InChI=1S/C16H16O3/c17-16(18)15-10-4-9-14(19-15)13-8-3-6-11-5-1-2-7-12(11)13/h1-3,5-8,14-15H,4,9-10H2,(H,17,18). The van der Waals surface area contributed by atoms with Gasteiger partial charge in [0, 0.05) is 0 Å². The van der Waals surface area contributed by atoms with E-state index in [-0.39, 0.29) is 6.10 Å². The molecule has 0 aliphatic carbocycles. The highest BCUT2D eigenvalue weighted by Gasteiger charge is 2.29. The SMILES string of the molecule is O=C(O)C1CCCC(c2cccc3ccccc23)O1. The number of ether oxygens (including phenoxy) is 1. The van der Waals surface area contributed by atoms with Gasteiger partial charge in [-0.25, -0.2) is 4.79 Å². The number of aliphatic carboxylic acids is 1. The second-order valence-corrected chi connectivity index (χ2v) is 4.95. The van der Waals surface area contributed by atoms with E-state index in [1.54, 1.807) is 0 Å². The van der Waals surface area contributed by atoms with Crippen LogP contribution in [0, 0.1) is 0 Å². The molecular formula is C16H16O3. The fraction of sp³-hybridized carbons (Fsp3) is 0.312. The van der Waals surface area contributed by atoms with Crippen molar-refractivity contribution < 1.29 is 14.6 Å². The molecule has 1 fully saturated rings. The summed E-state index contributed by atoms with van der Waals surface area (Å²) in [5.74, 6) is -0.857. The number of carbonyl (C=O) groups is 1. The Morgan fingerprint density at radius 2 is 1.89 bits per heavy atom. The van der Waals surface area contributed by atoms with Crippen molar-refractivity contribution >= 4 is 16.7 Å². The summed E-state index contributed by atoms with van der Waals surface area (Å²) in [5, 5.41) is 11.4. The minimum atomic E-state index is -0.857. The van der Waals surface area contributed by atoms with E-state index in [0.29, 0.717) is 6.42 Å². The van der Waals surface area contributed by atoms with Crippen molar-refractivity contribution in [2.45, 2.75) is 31.5 Å². The highest BCUT2D eigenvalue weighted by molar-refractivity contribution is 5.86. The van der Waals surface area contributed by atoms with Crippen LogP contribution < -0.4 is 0 Å². The fourth-order valence-corrected chi connectivity index (χ4v) is 2.76. The van der Waals surface area contributed by atoms with E-state index in [2.05, 4.69) is 18.2 Å². The van der Waals surface area contributed by atoms with E-state index in [1.807, 2.05) is 24.3 Å². The van der Waals surface area contributed by atoms with Gasteiger partial charge >= 0.3 is 5.97 Å². The number of fused-ring (bicyclic) bond motifs is 1. The van der Waals surface area contributed by atoms with Crippen LogP contribution >= 0.6 is 0 Å². The van der Waals surface area contributed by atoms with Crippen molar-refractivity contribution in [1.29, 1.82) is 0 Å². The van der Waals surface area contributed by atoms with Crippen LogP contribution in [0.5, 0.6) is 0 Å². The summed E-state index contributed by atoms with van der Waals surface area (Å²) in [6.45, 7) is 0. The number of carboxylic acids is 1. The summed E-state index contributed by atoms with van der Waals surface area (Å²) < 4.78 is 5.74. The molecule has 3 rings (SSSR count). The first kappa shape index (κ1) is 12.2. The van der Waals surface area contributed by atoms with Crippen molar-refractivity contribution in [3.05, 3.63) is 48.0 Å². The minimum Gasteiger partial charge on any atom is -0.479 e. The average Bonchev–Trinajstić information content (AvgIpc) is 2.47. The van der Waals surface area contributed by atoms with Crippen LogP contribution in [-0.2, 0) is 9.53 Å². The van der Waals surface area contributed by atoms with Crippen LogP contribution in [0.15, 0.2) is 42.5 Å². The number of hydrogen-bond acceptors (Lipinski definition) is 2. The lowest BCUT2D eigenvalue weighted by Gasteiger charge is -2.28. The number of carboxylic acid groups (broad SMARTS) is 1. The number of benzene rings is 2. The third-order valence-electron chi connectivity index (χ3n) is 3.71. The van der Waals surface area contributed by atoms with E-state index in [4.69, 9.17) is 9.84 Å². The molecule has 2 atom stereocenters. The van der Waals surface area contributed by atoms with Crippen LogP contribution in [0.3, 0.4) is 0 Å². The molecule has 1 aliphatic heterocycles. The summed E-state index contributed by atoms with van der Waals surface area (Å²) in [6.07, 6.45) is 1.61. The van der Waals surface area contributed by atoms with Gasteiger partial charge < -0.3 is 9.84 Å². The van der Waals surface area contributed by atoms with Crippen LogP contribution in [0.25, 0.3) is 10.8 Å². The summed E-state index contributed by atoms with van der Waals surface area (Å²) in [7, 11) is 0. The molecule has 0 radical (unpaired) electrons. The second kappa shape index (κ2) is 5.02. The fourth-order valence-electron chi connectivity index (χ4n) is 2.76. The molecule has 3 heteroatoms. The maximum Gasteiger partial charge on any atom is 0.332 e. The van der Waals surface area contributed by atoms with Gasteiger partial charge in [-0.2, -0.15) is 0 Å². The smallest absolute Gasteiger partial charge is 0.332 e. The van der Waals surface area contributed by atoms with Gasteiger partial charge in [-0.1, -0.05) is 42.5 Å². The predicted octanol–water partition coefficient (Wildman–Crippen LogP) is 3.53. The first-order chi connectivity index (χ1) is 9.25. The Labute approximate surface area is 111 Å². The third kappa shape index (κ3) is 2.34. The molecule has 19 heavy (non-hydrogen) atoms. The summed E-state index contributed by atoms with van der Waals surface area (Å²) in [6, 6.07) is 14.3. The third-order valence-corrected chi connectivity index (χ3v) is 3.71. The predicted molar refractivity (Wildman–Crippen MR) is 73.0 cm³/mol. The molecule has 0 bridgehead atoms. The highest BCUT2D eigenvalue weighted by Crippen LogP contribution is 2.35. The van der Waals surface area contributed by atoms with E-state index in [1.165, 1.54) is 5.39 Å². The van der Waals surface area contributed by atoms with E-state index < -0.39 is 12.1 Å². The molecule has 2 aromatic carbocycles. The molecule has 1 N–H and O–H groups in total. The Morgan fingerprint density at radius 3 is 2.74 bits per heavy atom. The Hall–Kier alpha value is -1.87. The molecule has 0 saturated carbocycles. The number of hydrogen-bond donors (Lipinski definition) is 1. The molecule has 0 amide bonds. The van der Waals surface area contributed by atoms with Gasteiger partial charge in [0.2, 0.25) is 0 Å². The first-order valence-corrected chi connectivity index (χ1v) is 6.61. The van der Waals surface area contributed by atoms with Crippen molar-refractivity contribution in [2.24, 2.45) is 0 Å². The molecule has 1 heterocycles. The molecule has 0 spiro atoms. The van der Waals surface area contributed by atoms with Crippen LogP contribution in [0.4, 0.5) is 0 Å². The van der Waals surface area contributed by atoms with Gasteiger partial charge in [0.1, 0.15) is 0 Å². The zero-order valence-electron chi connectivity index (χ0n) is 10.6. The lowest BCUT2D eigenvalue weighted by molar-refractivity contribution is -0.159. The van der Waals surface area contributed by atoms with Crippen LogP contribution in [-0.4, -0.2) is 17.2 Å². The van der Waals surface area contributed by atoms with E-state index in [9.17, 15) is 4.79 Å². The van der Waals surface area contributed by atoms with Gasteiger partial charge in [-0.05, 0) is 35.6 Å². The first-order valence-electron chi connectivity index (χ1n) is 6.61. The van der Waals surface area contributed by atoms with Crippen molar-refractivity contribution in [3.63, 3.8) is 0 Å². The van der Waals surface area contributed by atoms with Crippen molar-refractivity contribution in [3.8, 4) is 0 Å². The topological polar surface area (TPSA) is 46.5 Å². The van der Waals surface area contributed by atoms with Crippen LogP contribution in [0.2, 0.25) is 0 Å². The largest absolute Gasteiger partial charge is 0.479 e. The van der Waals surface area contributed by atoms with Crippen molar-refractivity contribution in [1.82, 2.24) is 0 Å². The quantitative estimate of drug-likeness (QED) is 0.894. The van der Waals surface area contributed by atoms with Gasteiger partial charge in [0.05, 0.1) is 6.10 Å². The molecule has 98 valence electrons. The van der Waals surface area contributed by atoms with Crippen LogP contribution in [0.1, 0.15) is 30.9 Å². The second-order valence-electron chi connectivity index (χ2n) is 4.95. The maximum absolute atomic E-state index is 11.1. The normalized spacial score (nSPS) is 23.4. The molecule has 3 nitrogen and oxygen atoms in total. The Balaban J connectivity index is 1.97. The molecule has 0 aromatic heterocycles. The van der Waals surface area contributed by atoms with E-state index >= 15 is 0 Å². The summed E-state index contributed by atoms with van der Waals surface area (Å²) in [5.41, 5.74) is 1.10. The highest BCUT2D eigenvalue weighted by atomic mass is 16.5. The molecular weight excluding hydrogens is 240 g/mol. The van der Waals surface area contributed by atoms with E-state index in [0.717, 1.165) is 23.8 Å². The minimum absolute atomic E-state index is 0.110.